The van der Waals surface area contributed by atoms with Crippen LogP contribution < -0.4 is 5.32 Å². The zero-order valence-corrected chi connectivity index (χ0v) is 21.0. The molecular formula is C24H24ClF3N2O5S. The molecule has 194 valence electrons. The van der Waals surface area contributed by atoms with E-state index in [-0.39, 0.29) is 38.9 Å². The van der Waals surface area contributed by atoms with Crippen LogP contribution in [0.5, 0.6) is 0 Å². The number of hydrogen-bond donors (Lipinski definition) is 1. The summed E-state index contributed by atoms with van der Waals surface area (Å²) >= 11 is 6.26. The predicted octanol–water partition coefficient (Wildman–Crippen LogP) is 4.90. The predicted molar refractivity (Wildman–Crippen MR) is 126 cm³/mol. The molecule has 2 fully saturated rings. The maximum Gasteiger partial charge on any atom is 0.409 e. The molecule has 0 heterocycles. The minimum atomic E-state index is -3.96. The minimum absolute atomic E-state index is 0.0267. The van der Waals surface area contributed by atoms with Crippen molar-refractivity contribution < 1.29 is 35.9 Å². The Morgan fingerprint density at radius 1 is 1.14 bits per heavy atom. The molecule has 0 spiro atoms. The van der Waals surface area contributed by atoms with Gasteiger partial charge in [-0.1, -0.05) is 11.6 Å². The molecule has 2 aromatic rings. The standard InChI is InChI=1S/C24H24ClF3N2O5S/c1-30(24(32)35-2)11-14-7-12-3-5-16(14)22(12)36(33,34)20-8-13(4-6-17(20)25)23(31)29-15-9-18(26)21(28)19(27)10-15/h4,6,8-10,12,14,16,22H,3,5,7,11H2,1-2H3,(H,29,31)/t12?,14-,16?,22-/m1/s1. The first-order valence-electron chi connectivity index (χ1n) is 11.2. The molecule has 2 aliphatic rings. The van der Waals surface area contributed by atoms with Gasteiger partial charge in [0.25, 0.3) is 5.91 Å². The van der Waals surface area contributed by atoms with E-state index in [9.17, 15) is 31.2 Å². The number of nitrogens with zero attached hydrogens (tertiary/aromatic N) is 1. The van der Waals surface area contributed by atoms with Crippen molar-refractivity contribution in [1.82, 2.24) is 4.90 Å². The third kappa shape index (κ3) is 4.78. The van der Waals surface area contributed by atoms with E-state index in [1.165, 1.54) is 24.1 Å². The Bertz CT molecular complexity index is 1300. The molecule has 2 unspecified atom stereocenters. The number of carbonyl (C=O) groups is 2. The van der Waals surface area contributed by atoms with Gasteiger partial charge in [0, 0.05) is 37.0 Å². The molecule has 2 bridgehead atoms. The first-order valence-corrected chi connectivity index (χ1v) is 13.1. The van der Waals surface area contributed by atoms with E-state index < -0.39 is 44.5 Å². The van der Waals surface area contributed by atoms with Crippen LogP contribution in [0.15, 0.2) is 35.2 Å². The van der Waals surface area contributed by atoms with Crippen LogP contribution in [-0.2, 0) is 14.6 Å². The molecule has 1 N–H and O–H groups in total. The summed E-state index contributed by atoms with van der Waals surface area (Å²) in [5.74, 6) is -5.81. The van der Waals surface area contributed by atoms with E-state index in [1.807, 2.05) is 0 Å². The maximum atomic E-state index is 13.7. The normalized spacial score (nSPS) is 22.9. The van der Waals surface area contributed by atoms with Crippen LogP contribution in [0, 0.1) is 35.2 Å². The topological polar surface area (TPSA) is 92.8 Å². The summed E-state index contributed by atoms with van der Waals surface area (Å²) in [5, 5.41) is 1.46. The molecule has 2 amide bonds. The molecule has 4 rings (SSSR count). The number of methoxy groups -OCH3 is 1. The lowest BCUT2D eigenvalue weighted by Crippen LogP contribution is -2.35. The lowest BCUT2D eigenvalue weighted by molar-refractivity contribution is 0.102. The molecule has 2 aliphatic carbocycles. The Balaban J connectivity index is 1.58. The van der Waals surface area contributed by atoms with Crippen molar-refractivity contribution in [1.29, 1.82) is 0 Å². The first kappa shape index (κ1) is 26.3. The highest BCUT2D eigenvalue weighted by molar-refractivity contribution is 7.92. The molecular weight excluding hydrogens is 521 g/mol. The van der Waals surface area contributed by atoms with E-state index >= 15 is 0 Å². The summed E-state index contributed by atoms with van der Waals surface area (Å²) in [7, 11) is -1.09. The number of rotatable bonds is 6. The van der Waals surface area contributed by atoms with Crippen molar-refractivity contribution in [2.75, 3.05) is 26.0 Å². The maximum absolute atomic E-state index is 13.7. The van der Waals surface area contributed by atoms with Gasteiger partial charge in [0.1, 0.15) is 0 Å². The van der Waals surface area contributed by atoms with Crippen molar-refractivity contribution in [2.45, 2.75) is 29.4 Å². The number of nitrogens with one attached hydrogen (secondary N) is 1. The second-order valence-corrected chi connectivity index (χ2v) is 11.7. The quantitative estimate of drug-likeness (QED) is 0.522. The molecule has 0 aliphatic heterocycles. The van der Waals surface area contributed by atoms with E-state index in [0.29, 0.717) is 31.5 Å². The van der Waals surface area contributed by atoms with Gasteiger partial charge in [-0.25, -0.2) is 26.4 Å². The largest absolute Gasteiger partial charge is 0.453 e. The number of hydrogen-bond acceptors (Lipinski definition) is 5. The summed E-state index contributed by atoms with van der Waals surface area (Å²) in [6.07, 6.45) is 1.55. The highest BCUT2D eigenvalue weighted by Crippen LogP contribution is 2.53. The van der Waals surface area contributed by atoms with Crippen LogP contribution in [0.4, 0.5) is 23.7 Å². The third-order valence-corrected chi connectivity index (χ3v) is 9.91. The van der Waals surface area contributed by atoms with Crippen molar-refractivity contribution in [3.8, 4) is 0 Å². The van der Waals surface area contributed by atoms with E-state index in [4.69, 9.17) is 16.3 Å². The van der Waals surface area contributed by atoms with Crippen LogP contribution in [0.1, 0.15) is 29.6 Å². The molecule has 7 nitrogen and oxygen atoms in total. The fraction of sp³-hybridized carbons (Fsp3) is 0.417. The lowest BCUT2D eigenvalue weighted by atomic mass is 9.88. The average molecular weight is 545 g/mol. The van der Waals surface area contributed by atoms with Gasteiger partial charge in [0.2, 0.25) is 0 Å². The van der Waals surface area contributed by atoms with Gasteiger partial charge in [-0.3, -0.25) is 4.79 Å². The molecule has 0 radical (unpaired) electrons. The number of halogens is 4. The highest BCUT2D eigenvalue weighted by atomic mass is 35.5. The van der Waals surface area contributed by atoms with Crippen LogP contribution in [0.2, 0.25) is 5.02 Å². The lowest BCUT2D eigenvalue weighted by Gasteiger charge is -2.26. The number of amides is 2. The van der Waals surface area contributed by atoms with Gasteiger partial charge in [0.15, 0.2) is 27.3 Å². The number of carbonyl (C=O) groups excluding carboxylic acids is 2. The Hall–Kier alpha value is -2.79. The molecule has 4 atom stereocenters. The molecule has 12 heteroatoms. The summed E-state index contributed by atoms with van der Waals surface area (Å²) in [5.41, 5.74) is -0.433. The Morgan fingerprint density at radius 3 is 2.44 bits per heavy atom. The Morgan fingerprint density at radius 2 is 1.81 bits per heavy atom. The summed E-state index contributed by atoms with van der Waals surface area (Å²) < 4.78 is 72.4. The van der Waals surface area contributed by atoms with E-state index in [0.717, 1.165) is 12.5 Å². The number of sulfone groups is 1. The van der Waals surface area contributed by atoms with Gasteiger partial charge in [-0.05, 0) is 55.2 Å². The summed E-state index contributed by atoms with van der Waals surface area (Å²) in [6, 6.07) is 4.92. The Labute approximate surface area is 211 Å². The smallest absolute Gasteiger partial charge is 0.409 e. The Kier molecular flexibility index (Phi) is 7.25. The highest BCUT2D eigenvalue weighted by Gasteiger charge is 2.54. The zero-order chi connectivity index (χ0) is 26.4. The molecule has 2 saturated carbocycles. The van der Waals surface area contributed by atoms with Crippen molar-refractivity contribution in [3.63, 3.8) is 0 Å². The average Bonchev–Trinajstić information content (AvgIpc) is 3.40. The monoisotopic (exact) mass is 544 g/mol. The van der Waals surface area contributed by atoms with Gasteiger partial charge < -0.3 is 15.0 Å². The number of ether oxygens (including phenoxy) is 1. The summed E-state index contributed by atoms with van der Waals surface area (Å²) in [4.78, 5) is 25.7. The fourth-order valence-electron chi connectivity index (χ4n) is 5.52. The third-order valence-electron chi connectivity index (χ3n) is 7.06. The van der Waals surface area contributed by atoms with Crippen LogP contribution in [0.3, 0.4) is 0 Å². The number of fused-ring (bicyclic) bond motifs is 2. The molecule has 0 saturated heterocycles. The number of anilines is 1. The van der Waals surface area contributed by atoms with Gasteiger partial charge in [0.05, 0.1) is 22.3 Å². The van der Waals surface area contributed by atoms with Crippen molar-refractivity contribution >= 4 is 39.1 Å². The van der Waals surface area contributed by atoms with Crippen LogP contribution in [0.25, 0.3) is 0 Å². The zero-order valence-electron chi connectivity index (χ0n) is 19.4. The molecule has 36 heavy (non-hydrogen) atoms. The first-order chi connectivity index (χ1) is 16.9. The minimum Gasteiger partial charge on any atom is -0.453 e. The summed E-state index contributed by atoms with van der Waals surface area (Å²) in [6.45, 7) is 0.362. The van der Waals surface area contributed by atoms with Crippen LogP contribution in [-0.4, -0.2) is 51.3 Å². The van der Waals surface area contributed by atoms with E-state index in [2.05, 4.69) is 5.32 Å². The van der Waals surface area contributed by atoms with Gasteiger partial charge in [-0.15, -0.1) is 0 Å². The number of benzene rings is 2. The second-order valence-electron chi connectivity index (χ2n) is 9.21. The van der Waals surface area contributed by atoms with Gasteiger partial charge >= 0.3 is 6.09 Å². The SMILES string of the molecule is COC(=O)N(C)C[C@H]1CC2CCC1[C@@H]2S(=O)(=O)c1cc(C(=O)Nc2cc(F)c(F)c(F)c2)ccc1Cl. The van der Waals surface area contributed by atoms with Crippen molar-refractivity contribution in [3.05, 3.63) is 58.4 Å². The second kappa shape index (κ2) is 9.93. The molecule has 0 aromatic heterocycles. The fourth-order valence-corrected chi connectivity index (χ4v) is 8.46. The molecule has 2 aromatic carbocycles. The van der Waals surface area contributed by atoms with Crippen molar-refractivity contribution in [2.24, 2.45) is 17.8 Å². The van der Waals surface area contributed by atoms with Crippen LogP contribution >= 0.6 is 11.6 Å². The van der Waals surface area contributed by atoms with E-state index in [1.54, 1.807) is 7.05 Å². The van der Waals surface area contributed by atoms with Gasteiger partial charge in [-0.2, -0.15) is 0 Å².